The van der Waals surface area contributed by atoms with Gasteiger partial charge in [0, 0.05) is 18.1 Å². The molecule has 1 aromatic rings. The standard InChI is InChI=1S/C15H20ClNO2/c1-2-17(9-10-18)14(19)15(7-4-8-15)12-5-3-6-13(16)11-12/h3,5-6,11,18H,2,4,7-10H2,1H3. The Labute approximate surface area is 119 Å². The number of nitrogens with zero attached hydrogens (tertiary/aromatic N) is 1. The molecule has 104 valence electrons. The van der Waals surface area contributed by atoms with Gasteiger partial charge in [-0.2, -0.15) is 0 Å². The molecule has 0 unspecified atom stereocenters. The first kappa shape index (κ1) is 14.4. The predicted octanol–water partition coefficient (Wildman–Crippen LogP) is 2.60. The average molecular weight is 282 g/mol. The molecule has 3 nitrogen and oxygen atoms in total. The average Bonchev–Trinajstić information content (AvgIpc) is 2.34. The first-order valence-corrected chi connectivity index (χ1v) is 7.18. The number of rotatable bonds is 5. The fourth-order valence-electron chi connectivity index (χ4n) is 2.77. The van der Waals surface area contributed by atoms with Crippen molar-refractivity contribution in [3.8, 4) is 0 Å². The van der Waals surface area contributed by atoms with Crippen molar-refractivity contribution >= 4 is 17.5 Å². The number of likely N-dealkylation sites (N-methyl/N-ethyl adjacent to an activating group) is 1. The van der Waals surface area contributed by atoms with E-state index in [0.29, 0.717) is 18.1 Å². The molecule has 1 saturated carbocycles. The van der Waals surface area contributed by atoms with Gasteiger partial charge in [-0.15, -0.1) is 0 Å². The number of amides is 1. The summed E-state index contributed by atoms with van der Waals surface area (Å²) in [7, 11) is 0. The minimum atomic E-state index is -0.421. The van der Waals surface area contributed by atoms with E-state index in [4.69, 9.17) is 16.7 Å². The fraction of sp³-hybridized carbons (Fsp3) is 0.533. The molecular formula is C15H20ClNO2. The van der Waals surface area contributed by atoms with Gasteiger partial charge in [-0.05, 0) is 37.5 Å². The normalized spacial score (nSPS) is 16.8. The third-order valence-corrected chi connectivity index (χ3v) is 4.27. The molecule has 0 atom stereocenters. The van der Waals surface area contributed by atoms with Crippen LogP contribution in [0, 0.1) is 0 Å². The zero-order chi connectivity index (χ0) is 13.9. The van der Waals surface area contributed by atoms with Crippen LogP contribution in [0.4, 0.5) is 0 Å². The summed E-state index contributed by atoms with van der Waals surface area (Å²) in [5, 5.41) is 9.74. The SMILES string of the molecule is CCN(CCO)C(=O)C1(c2cccc(Cl)c2)CCC1. The maximum atomic E-state index is 12.8. The van der Waals surface area contributed by atoms with Gasteiger partial charge >= 0.3 is 0 Å². The Balaban J connectivity index is 2.29. The molecule has 0 aromatic heterocycles. The fourth-order valence-corrected chi connectivity index (χ4v) is 2.96. The summed E-state index contributed by atoms with van der Waals surface area (Å²) in [5.74, 6) is 0.123. The van der Waals surface area contributed by atoms with Crippen LogP contribution in [0.3, 0.4) is 0 Å². The number of aliphatic hydroxyl groups is 1. The van der Waals surface area contributed by atoms with Crippen LogP contribution in [0.2, 0.25) is 5.02 Å². The Hall–Kier alpha value is -1.06. The van der Waals surface area contributed by atoms with Crippen molar-refractivity contribution in [2.75, 3.05) is 19.7 Å². The summed E-state index contributed by atoms with van der Waals surface area (Å²) >= 11 is 6.05. The van der Waals surface area contributed by atoms with Crippen LogP contribution in [0.1, 0.15) is 31.7 Å². The summed E-state index contributed by atoms with van der Waals surface area (Å²) in [6, 6.07) is 7.60. The van der Waals surface area contributed by atoms with E-state index < -0.39 is 5.41 Å². The molecule has 1 amide bonds. The third kappa shape index (κ3) is 2.63. The Kier molecular flexibility index (Phi) is 4.48. The largest absolute Gasteiger partial charge is 0.395 e. The smallest absolute Gasteiger partial charge is 0.233 e. The maximum Gasteiger partial charge on any atom is 0.233 e. The Morgan fingerprint density at radius 1 is 1.47 bits per heavy atom. The van der Waals surface area contributed by atoms with Crippen LogP contribution in [0.15, 0.2) is 24.3 Å². The number of hydrogen-bond donors (Lipinski definition) is 1. The molecule has 1 N–H and O–H groups in total. The zero-order valence-electron chi connectivity index (χ0n) is 11.2. The molecule has 0 radical (unpaired) electrons. The van der Waals surface area contributed by atoms with E-state index in [9.17, 15) is 4.79 Å². The van der Waals surface area contributed by atoms with Gasteiger partial charge in [0.25, 0.3) is 0 Å². The molecule has 4 heteroatoms. The van der Waals surface area contributed by atoms with Gasteiger partial charge in [0.1, 0.15) is 0 Å². The highest BCUT2D eigenvalue weighted by molar-refractivity contribution is 6.30. The molecule has 19 heavy (non-hydrogen) atoms. The highest BCUT2D eigenvalue weighted by Gasteiger charge is 2.47. The maximum absolute atomic E-state index is 12.8. The molecule has 2 rings (SSSR count). The topological polar surface area (TPSA) is 40.5 Å². The van der Waals surface area contributed by atoms with Crippen LogP contribution in [0.5, 0.6) is 0 Å². The van der Waals surface area contributed by atoms with Crippen molar-refractivity contribution in [2.45, 2.75) is 31.6 Å². The van der Waals surface area contributed by atoms with Crippen molar-refractivity contribution in [1.29, 1.82) is 0 Å². The Bertz CT molecular complexity index is 457. The Morgan fingerprint density at radius 2 is 2.21 bits per heavy atom. The summed E-state index contributed by atoms with van der Waals surface area (Å²) in [6.45, 7) is 2.97. The minimum absolute atomic E-state index is 0.00516. The minimum Gasteiger partial charge on any atom is -0.395 e. The quantitative estimate of drug-likeness (QED) is 0.901. The van der Waals surface area contributed by atoms with Gasteiger partial charge in [0.15, 0.2) is 0 Å². The molecule has 1 aromatic carbocycles. The lowest BCUT2D eigenvalue weighted by atomic mass is 9.63. The van der Waals surface area contributed by atoms with Crippen molar-refractivity contribution < 1.29 is 9.90 Å². The van der Waals surface area contributed by atoms with E-state index in [0.717, 1.165) is 24.8 Å². The molecule has 0 aliphatic heterocycles. The second-order valence-corrected chi connectivity index (χ2v) is 5.49. The van der Waals surface area contributed by atoms with E-state index in [2.05, 4.69) is 0 Å². The molecule has 0 saturated heterocycles. The van der Waals surface area contributed by atoms with Crippen LogP contribution < -0.4 is 0 Å². The lowest BCUT2D eigenvalue weighted by Gasteiger charge is -2.43. The molecule has 0 spiro atoms. The van der Waals surface area contributed by atoms with E-state index in [-0.39, 0.29) is 12.5 Å². The second-order valence-electron chi connectivity index (χ2n) is 5.05. The van der Waals surface area contributed by atoms with E-state index in [1.54, 1.807) is 4.90 Å². The lowest BCUT2D eigenvalue weighted by Crippen LogP contribution is -2.51. The van der Waals surface area contributed by atoms with Gasteiger partial charge in [0.05, 0.1) is 12.0 Å². The first-order chi connectivity index (χ1) is 9.14. The van der Waals surface area contributed by atoms with Crippen molar-refractivity contribution in [2.24, 2.45) is 0 Å². The van der Waals surface area contributed by atoms with Gasteiger partial charge in [0.2, 0.25) is 5.91 Å². The second kappa shape index (κ2) is 5.93. The van der Waals surface area contributed by atoms with Gasteiger partial charge in [-0.3, -0.25) is 4.79 Å². The third-order valence-electron chi connectivity index (χ3n) is 4.03. The highest BCUT2D eigenvalue weighted by Crippen LogP contribution is 2.45. The predicted molar refractivity (Wildman–Crippen MR) is 76.3 cm³/mol. The number of aliphatic hydroxyl groups excluding tert-OH is 1. The summed E-state index contributed by atoms with van der Waals surface area (Å²) in [5.41, 5.74) is 0.587. The monoisotopic (exact) mass is 281 g/mol. The van der Waals surface area contributed by atoms with E-state index in [1.165, 1.54) is 0 Å². The van der Waals surface area contributed by atoms with Crippen LogP contribution in [0.25, 0.3) is 0 Å². The molecule has 1 aliphatic carbocycles. The van der Waals surface area contributed by atoms with Crippen LogP contribution in [-0.4, -0.2) is 35.6 Å². The summed E-state index contributed by atoms with van der Waals surface area (Å²) in [4.78, 5) is 14.5. The number of carbonyl (C=O) groups is 1. The van der Waals surface area contributed by atoms with Crippen LogP contribution in [-0.2, 0) is 10.2 Å². The van der Waals surface area contributed by atoms with E-state index >= 15 is 0 Å². The number of hydrogen-bond acceptors (Lipinski definition) is 2. The van der Waals surface area contributed by atoms with Crippen molar-refractivity contribution in [1.82, 2.24) is 4.90 Å². The molecule has 0 heterocycles. The van der Waals surface area contributed by atoms with Gasteiger partial charge < -0.3 is 10.0 Å². The molecule has 1 fully saturated rings. The van der Waals surface area contributed by atoms with Gasteiger partial charge in [-0.1, -0.05) is 30.2 Å². The number of carbonyl (C=O) groups excluding carboxylic acids is 1. The molecular weight excluding hydrogens is 262 g/mol. The zero-order valence-corrected chi connectivity index (χ0v) is 12.0. The molecule has 1 aliphatic rings. The van der Waals surface area contributed by atoms with Crippen LogP contribution >= 0.6 is 11.6 Å². The summed E-state index contributed by atoms with van der Waals surface area (Å²) in [6.07, 6.45) is 2.80. The molecule has 0 bridgehead atoms. The lowest BCUT2D eigenvalue weighted by molar-refractivity contribution is -0.141. The Morgan fingerprint density at radius 3 is 2.68 bits per heavy atom. The summed E-state index contributed by atoms with van der Waals surface area (Å²) < 4.78 is 0. The highest BCUT2D eigenvalue weighted by atomic mass is 35.5. The van der Waals surface area contributed by atoms with E-state index in [1.807, 2.05) is 31.2 Å². The van der Waals surface area contributed by atoms with Gasteiger partial charge in [-0.25, -0.2) is 0 Å². The number of benzene rings is 1. The number of halogens is 1. The first-order valence-electron chi connectivity index (χ1n) is 6.80. The van der Waals surface area contributed by atoms with Crippen molar-refractivity contribution in [3.05, 3.63) is 34.9 Å². The van der Waals surface area contributed by atoms with Crippen molar-refractivity contribution in [3.63, 3.8) is 0 Å².